The second-order valence-corrected chi connectivity index (χ2v) is 6.55. The summed E-state index contributed by atoms with van der Waals surface area (Å²) in [6.07, 6.45) is 0. The molecule has 0 unspecified atom stereocenters. The van der Waals surface area contributed by atoms with Crippen molar-refractivity contribution in [2.45, 2.75) is 13.0 Å². The van der Waals surface area contributed by atoms with Gasteiger partial charge in [0.25, 0.3) is 5.91 Å². The van der Waals surface area contributed by atoms with Crippen LogP contribution in [0.15, 0.2) is 53.7 Å². The lowest BCUT2D eigenvalue weighted by Gasteiger charge is -2.30. The molecule has 1 aliphatic rings. The van der Waals surface area contributed by atoms with E-state index in [1.54, 1.807) is 49.4 Å². The number of anilines is 1. The minimum Gasteiger partial charge on any atom is -0.493 e. The Bertz CT molecular complexity index is 941. The molecule has 3 amide bonds. The van der Waals surface area contributed by atoms with Crippen LogP contribution in [0, 0.1) is 0 Å². The van der Waals surface area contributed by atoms with Crippen LogP contribution in [0.1, 0.15) is 18.5 Å². The lowest BCUT2D eigenvalue weighted by atomic mass is 9.93. The van der Waals surface area contributed by atoms with Crippen molar-refractivity contribution in [2.24, 2.45) is 0 Å². The Morgan fingerprint density at radius 3 is 2.46 bits per heavy atom. The fourth-order valence-electron chi connectivity index (χ4n) is 3.10. The van der Waals surface area contributed by atoms with Crippen molar-refractivity contribution < 1.29 is 19.1 Å². The number of carbonyl (C=O) groups is 2. The summed E-state index contributed by atoms with van der Waals surface area (Å²) in [6, 6.07) is 10.9. The maximum absolute atomic E-state index is 13.0. The van der Waals surface area contributed by atoms with E-state index in [9.17, 15) is 9.59 Å². The van der Waals surface area contributed by atoms with Crippen LogP contribution in [0.2, 0.25) is 5.02 Å². The number of hydrogen-bond acceptors (Lipinski definition) is 4. The zero-order valence-corrected chi connectivity index (χ0v) is 16.4. The quantitative estimate of drug-likeness (QED) is 0.713. The number of amides is 3. The molecule has 3 N–H and O–H groups in total. The molecule has 0 saturated heterocycles. The number of methoxy groups -OCH3 is 2. The molecule has 0 aliphatic carbocycles. The van der Waals surface area contributed by atoms with E-state index in [4.69, 9.17) is 21.1 Å². The molecule has 8 heteroatoms. The van der Waals surface area contributed by atoms with Gasteiger partial charge in [-0.15, -0.1) is 0 Å². The largest absolute Gasteiger partial charge is 0.493 e. The number of halogens is 1. The number of urea groups is 1. The molecule has 7 nitrogen and oxygen atoms in total. The summed E-state index contributed by atoms with van der Waals surface area (Å²) in [7, 11) is 3.03. The zero-order chi connectivity index (χ0) is 20.3. The Morgan fingerprint density at radius 2 is 1.82 bits per heavy atom. The third-order valence-corrected chi connectivity index (χ3v) is 4.61. The van der Waals surface area contributed by atoms with E-state index in [-0.39, 0.29) is 5.91 Å². The third-order valence-electron chi connectivity index (χ3n) is 4.36. The minimum atomic E-state index is -0.717. The molecule has 28 heavy (non-hydrogen) atoms. The van der Waals surface area contributed by atoms with Gasteiger partial charge >= 0.3 is 6.03 Å². The first-order chi connectivity index (χ1) is 13.4. The van der Waals surface area contributed by atoms with Crippen molar-refractivity contribution in [1.29, 1.82) is 0 Å². The van der Waals surface area contributed by atoms with E-state index in [0.717, 1.165) is 0 Å². The van der Waals surface area contributed by atoms with Crippen LogP contribution in [0.5, 0.6) is 11.5 Å². The van der Waals surface area contributed by atoms with Gasteiger partial charge in [-0.05, 0) is 37.3 Å². The van der Waals surface area contributed by atoms with Gasteiger partial charge in [0.15, 0.2) is 11.5 Å². The fraction of sp³-hybridized carbons (Fsp3) is 0.200. The van der Waals surface area contributed by atoms with Gasteiger partial charge in [-0.1, -0.05) is 23.7 Å². The van der Waals surface area contributed by atoms with Gasteiger partial charge in [-0.3, -0.25) is 4.79 Å². The molecule has 146 valence electrons. The predicted molar refractivity (Wildman–Crippen MR) is 107 cm³/mol. The van der Waals surface area contributed by atoms with E-state index >= 15 is 0 Å². The molecule has 3 rings (SSSR count). The summed E-state index contributed by atoms with van der Waals surface area (Å²) in [6.45, 7) is 1.68. The van der Waals surface area contributed by atoms with E-state index in [1.165, 1.54) is 14.2 Å². The molecule has 0 saturated carbocycles. The highest BCUT2D eigenvalue weighted by Crippen LogP contribution is 2.39. The molecule has 0 fully saturated rings. The van der Waals surface area contributed by atoms with Gasteiger partial charge in [-0.2, -0.15) is 0 Å². The average Bonchev–Trinajstić information content (AvgIpc) is 2.68. The second kappa shape index (κ2) is 8.22. The van der Waals surface area contributed by atoms with Crippen molar-refractivity contribution in [3.63, 3.8) is 0 Å². The lowest BCUT2D eigenvalue weighted by Crippen LogP contribution is -2.46. The molecule has 0 aromatic heterocycles. The summed E-state index contributed by atoms with van der Waals surface area (Å²) in [5, 5.41) is 8.84. The summed E-state index contributed by atoms with van der Waals surface area (Å²) >= 11 is 5.90. The number of allylic oxidation sites excluding steroid dienone is 1. The first kappa shape index (κ1) is 19.6. The molecule has 0 radical (unpaired) electrons. The zero-order valence-electron chi connectivity index (χ0n) is 15.6. The number of para-hydroxylation sites is 1. The topological polar surface area (TPSA) is 88.7 Å². The highest BCUT2D eigenvalue weighted by atomic mass is 35.5. The maximum Gasteiger partial charge on any atom is 0.319 e. The van der Waals surface area contributed by atoms with Crippen LogP contribution in [-0.2, 0) is 4.79 Å². The smallest absolute Gasteiger partial charge is 0.319 e. The number of carbonyl (C=O) groups excluding carboxylic acids is 2. The number of rotatable bonds is 5. The Balaban J connectivity index is 2.02. The number of ether oxygens (including phenoxy) is 2. The van der Waals surface area contributed by atoms with Crippen LogP contribution < -0.4 is 25.4 Å². The van der Waals surface area contributed by atoms with Crippen molar-refractivity contribution in [3.8, 4) is 11.5 Å². The molecule has 2 aromatic carbocycles. The maximum atomic E-state index is 13.0. The van der Waals surface area contributed by atoms with E-state index in [1.807, 2.05) is 0 Å². The second-order valence-electron chi connectivity index (χ2n) is 6.11. The molecule has 0 spiro atoms. The Labute approximate surface area is 167 Å². The first-order valence-electron chi connectivity index (χ1n) is 8.50. The third kappa shape index (κ3) is 3.89. The summed E-state index contributed by atoms with van der Waals surface area (Å²) < 4.78 is 10.8. The van der Waals surface area contributed by atoms with E-state index < -0.39 is 12.1 Å². The normalized spacial score (nSPS) is 16.1. The summed E-state index contributed by atoms with van der Waals surface area (Å²) in [5.41, 5.74) is 2.01. The van der Waals surface area contributed by atoms with Gasteiger partial charge in [0.05, 0.1) is 25.8 Å². The Kier molecular flexibility index (Phi) is 5.75. The van der Waals surface area contributed by atoms with Crippen LogP contribution >= 0.6 is 11.6 Å². The predicted octanol–water partition coefficient (Wildman–Crippen LogP) is 3.62. The lowest BCUT2D eigenvalue weighted by molar-refractivity contribution is -0.113. The molecular weight excluding hydrogens is 382 g/mol. The number of nitrogens with one attached hydrogen (secondary N) is 3. The van der Waals surface area contributed by atoms with Crippen molar-refractivity contribution in [2.75, 3.05) is 19.5 Å². The molecule has 1 atom stereocenters. The number of hydrogen-bond donors (Lipinski definition) is 3. The van der Waals surface area contributed by atoms with Gasteiger partial charge in [-0.25, -0.2) is 4.79 Å². The fourth-order valence-corrected chi connectivity index (χ4v) is 3.23. The highest BCUT2D eigenvalue weighted by Gasteiger charge is 2.33. The SMILES string of the molecule is COc1cccc([C@H]2NC(=O)NC(C)=C2C(=O)Nc2ccc(Cl)cc2)c1OC. The van der Waals surface area contributed by atoms with E-state index in [2.05, 4.69) is 16.0 Å². The molecule has 1 heterocycles. The molecular formula is C20H20ClN3O4. The van der Waals surface area contributed by atoms with Gasteiger partial charge in [0.1, 0.15) is 0 Å². The van der Waals surface area contributed by atoms with Crippen LogP contribution in [-0.4, -0.2) is 26.2 Å². The monoisotopic (exact) mass is 401 g/mol. The molecule has 1 aliphatic heterocycles. The first-order valence-corrected chi connectivity index (χ1v) is 8.88. The number of benzene rings is 2. The van der Waals surface area contributed by atoms with Crippen molar-refractivity contribution in [1.82, 2.24) is 10.6 Å². The molecule has 0 bridgehead atoms. The standard InChI is InChI=1S/C20H20ClN3O4/c1-11-16(19(25)23-13-9-7-12(21)8-10-13)17(24-20(26)22-11)14-5-4-6-15(27-2)18(14)28-3/h4-10,17H,1-3H3,(H,23,25)(H2,22,24,26)/t17-/m1/s1. The molecule has 2 aromatic rings. The summed E-state index contributed by atoms with van der Waals surface area (Å²) in [4.78, 5) is 25.1. The summed E-state index contributed by atoms with van der Waals surface area (Å²) in [5.74, 6) is 0.590. The van der Waals surface area contributed by atoms with Gasteiger partial charge in [0, 0.05) is 22.0 Å². The van der Waals surface area contributed by atoms with Crippen LogP contribution in [0.3, 0.4) is 0 Å². The Morgan fingerprint density at radius 1 is 1.11 bits per heavy atom. The van der Waals surface area contributed by atoms with E-state index in [0.29, 0.717) is 39.0 Å². The van der Waals surface area contributed by atoms with Gasteiger partial charge < -0.3 is 25.4 Å². The van der Waals surface area contributed by atoms with Crippen LogP contribution in [0.25, 0.3) is 0 Å². The minimum absolute atomic E-state index is 0.359. The van der Waals surface area contributed by atoms with Gasteiger partial charge in [0.2, 0.25) is 0 Å². The average molecular weight is 402 g/mol. The van der Waals surface area contributed by atoms with Crippen molar-refractivity contribution in [3.05, 3.63) is 64.3 Å². The highest BCUT2D eigenvalue weighted by molar-refractivity contribution is 6.30. The van der Waals surface area contributed by atoms with Crippen molar-refractivity contribution >= 4 is 29.2 Å². The Hall–Kier alpha value is -3.19. The van der Waals surface area contributed by atoms with Crippen LogP contribution in [0.4, 0.5) is 10.5 Å².